The number of carboxylic acid groups (broad SMARTS) is 1. The number of methoxy groups -OCH3 is 1. The maximum Gasteiger partial charge on any atom is 0.407 e. The van der Waals surface area contributed by atoms with Crippen LogP contribution in [0.15, 0.2) is 60.7 Å². The molecule has 1 aliphatic carbocycles. The van der Waals surface area contributed by atoms with Gasteiger partial charge < -0.3 is 20.1 Å². The first-order valence-corrected chi connectivity index (χ1v) is 13.3. The zero-order valence-corrected chi connectivity index (χ0v) is 22.5. The number of likely N-dealkylation sites (tertiary alicyclic amines) is 1. The van der Waals surface area contributed by atoms with E-state index in [-0.39, 0.29) is 12.0 Å². The molecule has 0 bridgehead atoms. The minimum atomic E-state index is -0.890. The van der Waals surface area contributed by atoms with Crippen molar-refractivity contribution in [2.45, 2.75) is 31.7 Å². The first-order valence-electron chi connectivity index (χ1n) is 12.6. The number of rotatable bonds is 5. The van der Waals surface area contributed by atoms with Crippen molar-refractivity contribution < 1.29 is 19.4 Å². The number of halogens is 2. The molecule has 3 aromatic rings. The third kappa shape index (κ3) is 5.38. The van der Waals surface area contributed by atoms with Gasteiger partial charge >= 0.3 is 12.1 Å². The van der Waals surface area contributed by atoms with Crippen LogP contribution in [-0.4, -0.2) is 48.3 Å². The molecule has 0 radical (unpaired) electrons. The van der Waals surface area contributed by atoms with Gasteiger partial charge in [-0.05, 0) is 95.5 Å². The Balaban J connectivity index is 1.62. The predicted octanol–water partition coefficient (Wildman–Crippen LogP) is 7.24. The van der Waals surface area contributed by atoms with E-state index in [4.69, 9.17) is 27.9 Å². The lowest BCUT2D eigenvalue weighted by atomic mass is 9.87. The van der Waals surface area contributed by atoms with E-state index in [0.29, 0.717) is 28.7 Å². The Morgan fingerprint density at radius 1 is 1.03 bits per heavy atom. The SMILES string of the molecule is COC(=O)c1ccc2c(c1)CCCC(c1ccc(Cl)cc1Cl)=C2c1cccc(NC2CCN(C(=O)O)C2)c1. The number of anilines is 1. The molecule has 1 fully saturated rings. The standard InChI is InChI=1S/C30H28Cl2N2O4/c1-38-29(35)20-8-10-24-18(14-20)4-3-7-26(25-11-9-21(31)16-27(25)32)28(24)19-5-2-6-22(15-19)33-23-12-13-34(17-23)30(36)37/h2,5-6,8-11,14-16,23,33H,3-4,7,12-13,17H2,1H3,(H,36,37). The van der Waals surface area contributed by atoms with Crippen LogP contribution in [0.25, 0.3) is 11.1 Å². The second-order valence-corrected chi connectivity index (χ2v) is 10.5. The quantitative estimate of drug-likeness (QED) is 0.327. The molecular weight excluding hydrogens is 523 g/mol. The largest absolute Gasteiger partial charge is 0.465 e. The normalized spacial score (nSPS) is 17.1. The van der Waals surface area contributed by atoms with Crippen molar-refractivity contribution >= 4 is 52.1 Å². The van der Waals surface area contributed by atoms with Crippen molar-refractivity contribution in [1.82, 2.24) is 4.90 Å². The van der Waals surface area contributed by atoms with E-state index in [2.05, 4.69) is 17.4 Å². The van der Waals surface area contributed by atoms with Crippen LogP contribution in [0.2, 0.25) is 10.0 Å². The molecule has 2 aliphatic rings. The molecule has 3 aromatic carbocycles. The summed E-state index contributed by atoms with van der Waals surface area (Å²) in [4.78, 5) is 25.1. The Morgan fingerprint density at radius 3 is 2.58 bits per heavy atom. The smallest absolute Gasteiger partial charge is 0.407 e. The lowest BCUT2D eigenvalue weighted by Crippen LogP contribution is -2.30. The highest BCUT2D eigenvalue weighted by Gasteiger charge is 2.26. The Bertz CT molecular complexity index is 1440. The molecule has 6 nitrogen and oxygen atoms in total. The number of benzene rings is 3. The molecule has 38 heavy (non-hydrogen) atoms. The number of nitrogens with zero attached hydrogens (tertiary/aromatic N) is 1. The molecule has 0 aromatic heterocycles. The molecule has 1 heterocycles. The van der Waals surface area contributed by atoms with Crippen LogP contribution in [-0.2, 0) is 11.2 Å². The van der Waals surface area contributed by atoms with Crippen molar-refractivity contribution in [2.75, 3.05) is 25.5 Å². The van der Waals surface area contributed by atoms with Crippen LogP contribution < -0.4 is 5.32 Å². The summed E-state index contributed by atoms with van der Waals surface area (Å²) in [6, 6.07) is 19.5. The number of carbonyl (C=O) groups excluding carboxylic acids is 1. The fourth-order valence-electron chi connectivity index (χ4n) is 5.42. The predicted molar refractivity (Wildman–Crippen MR) is 151 cm³/mol. The lowest BCUT2D eigenvalue weighted by molar-refractivity contribution is 0.0600. The van der Waals surface area contributed by atoms with Gasteiger partial charge in [0, 0.05) is 34.9 Å². The topological polar surface area (TPSA) is 78.9 Å². The number of hydrogen-bond donors (Lipinski definition) is 2. The zero-order chi connectivity index (χ0) is 26.8. The van der Waals surface area contributed by atoms with E-state index in [1.807, 2.05) is 36.4 Å². The maximum absolute atomic E-state index is 12.3. The van der Waals surface area contributed by atoms with Gasteiger partial charge in [-0.3, -0.25) is 0 Å². The van der Waals surface area contributed by atoms with E-state index in [9.17, 15) is 14.7 Å². The summed E-state index contributed by atoms with van der Waals surface area (Å²) in [5, 5.41) is 14.0. The van der Waals surface area contributed by atoms with Gasteiger partial charge in [0.05, 0.1) is 12.7 Å². The van der Waals surface area contributed by atoms with Gasteiger partial charge in [0.1, 0.15) is 0 Å². The summed E-state index contributed by atoms with van der Waals surface area (Å²) < 4.78 is 4.96. The number of esters is 1. The van der Waals surface area contributed by atoms with Crippen molar-refractivity contribution in [3.8, 4) is 0 Å². The van der Waals surface area contributed by atoms with Crippen molar-refractivity contribution in [3.05, 3.63) is 98.5 Å². The highest BCUT2D eigenvalue weighted by atomic mass is 35.5. The molecule has 1 atom stereocenters. The van der Waals surface area contributed by atoms with Gasteiger partial charge in [0.25, 0.3) is 0 Å². The summed E-state index contributed by atoms with van der Waals surface area (Å²) in [7, 11) is 1.39. The molecule has 5 rings (SSSR count). The van der Waals surface area contributed by atoms with Gasteiger partial charge in [-0.1, -0.05) is 47.5 Å². The van der Waals surface area contributed by atoms with E-state index in [0.717, 1.165) is 64.8 Å². The van der Waals surface area contributed by atoms with Gasteiger partial charge in [0.2, 0.25) is 0 Å². The minimum Gasteiger partial charge on any atom is -0.465 e. The van der Waals surface area contributed by atoms with Crippen LogP contribution in [0.3, 0.4) is 0 Å². The average Bonchev–Trinajstić information content (AvgIpc) is 3.29. The van der Waals surface area contributed by atoms with Crippen molar-refractivity contribution in [1.29, 1.82) is 0 Å². The summed E-state index contributed by atoms with van der Waals surface area (Å²) in [5.74, 6) is -0.360. The van der Waals surface area contributed by atoms with Crippen molar-refractivity contribution in [3.63, 3.8) is 0 Å². The monoisotopic (exact) mass is 550 g/mol. The molecule has 1 aliphatic heterocycles. The molecular formula is C30H28Cl2N2O4. The Kier molecular flexibility index (Phi) is 7.63. The summed E-state index contributed by atoms with van der Waals surface area (Å²) in [6.07, 6.45) is 2.36. The van der Waals surface area contributed by atoms with Gasteiger partial charge in [-0.2, -0.15) is 0 Å². The number of allylic oxidation sites excluding steroid dienone is 1. The average molecular weight is 551 g/mol. The molecule has 196 valence electrons. The Morgan fingerprint density at radius 2 is 1.84 bits per heavy atom. The van der Waals surface area contributed by atoms with Gasteiger partial charge in [0.15, 0.2) is 0 Å². The van der Waals surface area contributed by atoms with E-state index in [1.165, 1.54) is 12.0 Å². The van der Waals surface area contributed by atoms with E-state index in [1.54, 1.807) is 12.1 Å². The first kappa shape index (κ1) is 26.1. The fraction of sp³-hybridized carbons (Fsp3) is 0.267. The third-order valence-corrected chi connectivity index (χ3v) is 7.76. The number of amides is 1. The highest BCUT2D eigenvalue weighted by Crippen LogP contribution is 2.43. The molecule has 0 spiro atoms. The first-order chi connectivity index (χ1) is 18.3. The van der Waals surface area contributed by atoms with Crippen LogP contribution in [0.5, 0.6) is 0 Å². The maximum atomic E-state index is 12.3. The van der Waals surface area contributed by atoms with Crippen LogP contribution >= 0.6 is 23.2 Å². The lowest BCUT2D eigenvalue weighted by Gasteiger charge is -2.20. The number of carbonyl (C=O) groups is 2. The second kappa shape index (κ2) is 11.1. The van der Waals surface area contributed by atoms with Crippen LogP contribution in [0, 0.1) is 0 Å². The molecule has 8 heteroatoms. The fourth-order valence-corrected chi connectivity index (χ4v) is 5.94. The summed E-state index contributed by atoms with van der Waals surface area (Å²) >= 11 is 12.9. The Labute approximate surface area is 231 Å². The molecule has 1 amide bonds. The number of fused-ring (bicyclic) bond motifs is 1. The molecule has 1 saturated heterocycles. The van der Waals surface area contributed by atoms with Crippen LogP contribution in [0.4, 0.5) is 10.5 Å². The summed E-state index contributed by atoms with van der Waals surface area (Å²) in [6.45, 7) is 0.972. The van der Waals surface area contributed by atoms with Gasteiger partial charge in [-0.15, -0.1) is 0 Å². The second-order valence-electron chi connectivity index (χ2n) is 9.63. The number of ether oxygens (including phenoxy) is 1. The van der Waals surface area contributed by atoms with E-state index >= 15 is 0 Å². The highest BCUT2D eigenvalue weighted by molar-refractivity contribution is 6.36. The van der Waals surface area contributed by atoms with Gasteiger partial charge in [-0.25, -0.2) is 9.59 Å². The number of hydrogen-bond acceptors (Lipinski definition) is 4. The number of nitrogens with one attached hydrogen (secondary N) is 1. The molecule has 0 saturated carbocycles. The van der Waals surface area contributed by atoms with E-state index < -0.39 is 6.09 Å². The van der Waals surface area contributed by atoms with Crippen molar-refractivity contribution in [2.24, 2.45) is 0 Å². The molecule has 2 N–H and O–H groups in total. The minimum absolute atomic E-state index is 0.0459. The number of aryl methyl sites for hydroxylation is 1. The molecule has 1 unspecified atom stereocenters. The van der Waals surface area contributed by atoms with Crippen LogP contribution in [0.1, 0.15) is 51.9 Å². The summed E-state index contributed by atoms with van der Waals surface area (Å²) in [5.41, 5.74) is 7.69. The zero-order valence-electron chi connectivity index (χ0n) is 21.0. The Hall–Kier alpha value is -3.48. The third-order valence-electron chi connectivity index (χ3n) is 7.21.